The van der Waals surface area contributed by atoms with Crippen LogP contribution in [0.3, 0.4) is 0 Å². The van der Waals surface area contributed by atoms with Crippen molar-refractivity contribution in [3.8, 4) is 5.69 Å². The molecule has 1 unspecified atom stereocenters. The number of amides is 2. The zero-order chi connectivity index (χ0) is 27.6. The molecule has 0 bridgehead atoms. The Morgan fingerprint density at radius 2 is 1.72 bits per heavy atom. The molecule has 2 amide bonds. The van der Waals surface area contributed by atoms with Crippen molar-refractivity contribution < 1.29 is 18.0 Å². The Morgan fingerprint density at radius 3 is 2.44 bits per heavy atom. The van der Waals surface area contributed by atoms with Crippen molar-refractivity contribution in [2.75, 3.05) is 0 Å². The fourth-order valence-corrected chi connectivity index (χ4v) is 6.52. The molecule has 0 radical (unpaired) electrons. The van der Waals surface area contributed by atoms with Crippen LogP contribution in [0.25, 0.3) is 15.8 Å². The number of rotatable bonds is 7. The lowest BCUT2D eigenvalue weighted by Crippen LogP contribution is -2.42. The third kappa shape index (κ3) is 5.75. The fraction of sp³-hybridized carbons (Fsp3) is 0.0370. The molecule has 3 aromatic carbocycles. The van der Waals surface area contributed by atoms with E-state index in [1.165, 1.54) is 41.4 Å². The van der Waals surface area contributed by atoms with Gasteiger partial charge in [-0.25, -0.2) is 13.1 Å². The summed E-state index contributed by atoms with van der Waals surface area (Å²) in [5.74, 6) is -1.54. The molecule has 39 heavy (non-hydrogen) atoms. The van der Waals surface area contributed by atoms with Crippen LogP contribution in [0.15, 0.2) is 106 Å². The molecule has 196 valence electrons. The van der Waals surface area contributed by atoms with Gasteiger partial charge in [-0.1, -0.05) is 48.0 Å². The van der Waals surface area contributed by atoms with Crippen LogP contribution in [0.1, 0.15) is 22.0 Å². The van der Waals surface area contributed by atoms with Crippen LogP contribution in [0.2, 0.25) is 5.02 Å². The van der Waals surface area contributed by atoms with Crippen LogP contribution in [-0.2, 0) is 14.8 Å². The fourth-order valence-electron chi connectivity index (χ4n) is 3.85. The first-order valence-electron chi connectivity index (χ1n) is 11.5. The Balaban J connectivity index is 1.39. The number of thiophene rings is 1. The first-order chi connectivity index (χ1) is 18.7. The molecule has 9 nitrogen and oxygen atoms in total. The number of halogens is 1. The van der Waals surface area contributed by atoms with E-state index in [-0.39, 0.29) is 15.3 Å². The number of sulfonamides is 1. The number of carbonyl (C=O) groups excluding carboxylic acids is 2. The smallest absolute Gasteiger partial charge is 0.273 e. The Morgan fingerprint density at radius 1 is 0.974 bits per heavy atom. The minimum absolute atomic E-state index is 0.0619. The van der Waals surface area contributed by atoms with E-state index in [2.05, 4.69) is 15.0 Å². The largest absolute Gasteiger partial charge is 0.336 e. The van der Waals surface area contributed by atoms with Gasteiger partial charge >= 0.3 is 0 Å². The predicted molar refractivity (Wildman–Crippen MR) is 149 cm³/mol. The van der Waals surface area contributed by atoms with E-state index in [4.69, 9.17) is 11.6 Å². The SMILES string of the molecule is O=C(NC(C(=O)NS(=O)(=O)c1cc2ccc(Cl)cc2s1)c1ccccc1)c1ccc(-n2ccncc2=O)cc1. The monoisotopic (exact) mass is 578 g/mol. The second kappa shape index (κ2) is 10.8. The molecule has 1 atom stereocenters. The third-order valence-corrected chi connectivity index (χ3v) is 8.92. The summed E-state index contributed by atoms with van der Waals surface area (Å²) >= 11 is 6.99. The molecular formula is C27H19ClN4O5S2. The number of hydrogen-bond acceptors (Lipinski definition) is 7. The van der Waals surface area contributed by atoms with Crippen molar-refractivity contribution in [2.45, 2.75) is 10.3 Å². The van der Waals surface area contributed by atoms with Gasteiger partial charge in [-0.15, -0.1) is 11.3 Å². The second-order valence-electron chi connectivity index (χ2n) is 8.37. The number of fused-ring (bicyclic) bond motifs is 1. The average molecular weight is 579 g/mol. The van der Waals surface area contributed by atoms with Gasteiger partial charge < -0.3 is 5.32 Å². The molecule has 0 aliphatic carbocycles. The van der Waals surface area contributed by atoms with Crippen molar-refractivity contribution in [1.82, 2.24) is 19.6 Å². The molecule has 0 spiro atoms. The molecule has 5 rings (SSSR count). The molecule has 0 aliphatic heterocycles. The van der Waals surface area contributed by atoms with Crippen LogP contribution in [0, 0.1) is 0 Å². The Hall–Kier alpha value is -4.32. The first-order valence-corrected chi connectivity index (χ1v) is 14.1. The van der Waals surface area contributed by atoms with Crippen molar-refractivity contribution in [3.05, 3.63) is 124 Å². The number of hydrogen-bond donors (Lipinski definition) is 2. The van der Waals surface area contributed by atoms with Gasteiger partial charge in [-0.3, -0.25) is 23.9 Å². The molecule has 2 N–H and O–H groups in total. The minimum atomic E-state index is -4.24. The molecule has 0 aliphatic rings. The molecule has 5 aromatic rings. The summed E-state index contributed by atoms with van der Waals surface area (Å²) in [6.45, 7) is 0. The van der Waals surface area contributed by atoms with E-state index in [0.29, 0.717) is 26.4 Å². The van der Waals surface area contributed by atoms with E-state index in [1.54, 1.807) is 60.7 Å². The molecular weight excluding hydrogens is 560 g/mol. The summed E-state index contributed by atoms with van der Waals surface area (Å²) in [5, 5.41) is 3.75. The maximum absolute atomic E-state index is 13.3. The quantitative estimate of drug-likeness (QED) is 0.300. The summed E-state index contributed by atoms with van der Waals surface area (Å²) in [4.78, 5) is 42.2. The van der Waals surface area contributed by atoms with Gasteiger partial charge in [0.15, 0.2) is 0 Å². The van der Waals surface area contributed by atoms with Crippen LogP contribution < -0.4 is 15.6 Å². The number of nitrogens with one attached hydrogen (secondary N) is 2. The maximum Gasteiger partial charge on any atom is 0.273 e. The highest BCUT2D eigenvalue weighted by Gasteiger charge is 2.29. The highest BCUT2D eigenvalue weighted by Crippen LogP contribution is 2.31. The van der Waals surface area contributed by atoms with Gasteiger partial charge in [0.1, 0.15) is 10.3 Å². The Kier molecular flexibility index (Phi) is 7.29. The van der Waals surface area contributed by atoms with Gasteiger partial charge in [0.2, 0.25) is 0 Å². The van der Waals surface area contributed by atoms with E-state index >= 15 is 0 Å². The molecule has 12 heteroatoms. The van der Waals surface area contributed by atoms with Crippen LogP contribution in [-0.4, -0.2) is 29.8 Å². The van der Waals surface area contributed by atoms with Crippen molar-refractivity contribution in [3.63, 3.8) is 0 Å². The summed E-state index contributed by atoms with van der Waals surface area (Å²) in [5.41, 5.74) is 0.783. The van der Waals surface area contributed by atoms with Gasteiger partial charge in [0.05, 0.1) is 6.20 Å². The summed E-state index contributed by atoms with van der Waals surface area (Å²) in [6, 6.07) is 19.6. The molecule has 2 aromatic heterocycles. The number of nitrogens with zero attached hydrogens (tertiary/aromatic N) is 2. The number of benzene rings is 3. The van der Waals surface area contributed by atoms with Crippen molar-refractivity contribution in [1.29, 1.82) is 0 Å². The van der Waals surface area contributed by atoms with Gasteiger partial charge in [-0.2, -0.15) is 0 Å². The van der Waals surface area contributed by atoms with Gasteiger partial charge in [0, 0.05) is 33.4 Å². The average Bonchev–Trinajstić information content (AvgIpc) is 3.37. The lowest BCUT2D eigenvalue weighted by molar-refractivity contribution is -0.121. The van der Waals surface area contributed by atoms with E-state index < -0.39 is 27.9 Å². The predicted octanol–water partition coefficient (Wildman–Crippen LogP) is 4.08. The van der Waals surface area contributed by atoms with E-state index in [0.717, 1.165) is 11.3 Å². The van der Waals surface area contributed by atoms with E-state index in [9.17, 15) is 22.8 Å². The molecule has 0 fully saturated rings. The number of carbonyl (C=O) groups is 2. The first kappa shape index (κ1) is 26.3. The Labute approximate surface area is 231 Å². The summed E-state index contributed by atoms with van der Waals surface area (Å²) in [6.07, 6.45) is 4.14. The van der Waals surface area contributed by atoms with Gasteiger partial charge in [-0.05, 0) is 53.4 Å². The van der Waals surface area contributed by atoms with Crippen LogP contribution >= 0.6 is 22.9 Å². The van der Waals surface area contributed by atoms with Gasteiger partial charge in [0.25, 0.3) is 27.4 Å². The molecule has 2 heterocycles. The number of aromatic nitrogens is 2. The molecule has 0 saturated heterocycles. The zero-order valence-electron chi connectivity index (χ0n) is 19.9. The third-order valence-electron chi connectivity index (χ3n) is 5.76. The zero-order valence-corrected chi connectivity index (χ0v) is 22.3. The summed E-state index contributed by atoms with van der Waals surface area (Å²) in [7, 11) is -4.24. The lowest BCUT2D eigenvalue weighted by atomic mass is 10.1. The lowest BCUT2D eigenvalue weighted by Gasteiger charge is -2.19. The van der Waals surface area contributed by atoms with Crippen LogP contribution in [0.5, 0.6) is 0 Å². The highest BCUT2D eigenvalue weighted by molar-refractivity contribution is 7.92. The van der Waals surface area contributed by atoms with E-state index in [1.807, 2.05) is 0 Å². The highest BCUT2D eigenvalue weighted by atomic mass is 35.5. The van der Waals surface area contributed by atoms with Crippen molar-refractivity contribution in [2.24, 2.45) is 0 Å². The normalized spacial score (nSPS) is 12.1. The topological polar surface area (TPSA) is 127 Å². The van der Waals surface area contributed by atoms with Crippen molar-refractivity contribution >= 4 is 54.9 Å². The Bertz CT molecular complexity index is 1850. The standard InChI is InChI=1S/C27H19ClN4O5S2/c28-20-9-6-19-14-24(38-22(19)15-20)39(36,37)31-27(35)25(17-4-2-1-3-5-17)30-26(34)18-7-10-21(11-8-18)32-13-12-29-16-23(32)33/h1-16,25H,(H,30,34)(H,31,35). The minimum Gasteiger partial charge on any atom is -0.336 e. The van der Waals surface area contributed by atoms with Crippen LogP contribution in [0.4, 0.5) is 0 Å². The maximum atomic E-state index is 13.3. The summed E-state index contributed by atoms with van der Waals surface area (Å²) < 4.78 is 30.2. The second-order valence-corrected chi connectivity index (χ2v) is 11.8. The molecule has 0 saturated carbocycles.